The standard InChI is InChI=1S/C15H15BrN2O4S/c1-17-15(19)10-22-13-6-8-14(9-7-13)23(20,21)18-12-4-2-11(16)3-5-12/h2-9,18H,10H2,1H3,(H,17,19). The van der Waals surface area contributed by atoms with E-state index in [1.807, 2.05) is 0 Å². The van der Waals surface area contributed by atoms with Gasteiger partial charge in [0.25, 0.3) is 15.9 Å². The van der Waals surface area contributed by atoms with Crippen molar-refractivity contribution in [2.24, 2.45) is 0 Å². The minimum absolute atomic E-state index is 0.104. The number of benzene rings is 2. The Morgan fingerprint density at radius 1 is 1.09 bits per heavy atom. The van der Waals surface area contributed by atoms with Gasteiger partial charge >= 0.3 is 0 Å². The Morgan fingerprint density at radius 2 is 1.70 bits per heavy atom. The second-order valence-electron chi connectivity index (χ2n) is 4.55. The van der Waals surface area contributed by atoms with Gasteiger partial charge in [-0.3, -0.25) is 9.52 Å². The monoisotopic (exact) mass is 398 g/mol. The highest BCUT2D eigenvalue weighted by Gasteiger charge is 2.14. The van der Waals surface area contributed by atoms with Crippen molar-refractivity contribution in [3.8, 4) is 5.75 Å². The third-order valence-electron chi connectivity index (χ3n) is 2.88. The molecule has 23 heavy (non-hydrogen) atoms. The van der Waals surface area contributed by atoms with Gasteiger partial charge in [0.15, 0.2) is 6.61 Å². The van der Waals surface area contributed by atoms with Gasteiger partial charge in [-0.2, -0.15) is 0 Å². The van der Waals surface area contributed by atoms with Crippen molar-refractivity contribution in [3.63, 3.8) is 0 Å². The highest BCUT2D eigenvalue weighted by Crippen LogP contribution is 2.20. The zero-order valence-corrected chi connectivity index (χ0v) is 14.6. The molecule has 0 atom stereocenters. The minimum atomic E-state index is -3.68. The molecule has 2 N–H and O–H groups in total. The molecule has 0 unspecified atom stereocenters. The van der Waals surface area contributed by atoms with Crippen molar-refractivity contribution in [1.29, 1.82) is 0 Å². The van der Waals surface area contributed by atoms with Crippen LogP contribution in [0.3, 0.4) is 0 Å². The molecule has 0 radical (unpaired) electrons. The number of amides is 1. The molecule has 0 heterocycles. The molecule has 2 rings (SSSR count). The summed E-state index contributed by atoms with van der Waals surface area (Å²) in [4.78, 5) is 11.2. The van der Waals surface area contributed by atoms with E-state index in [1.165, 1.54) is 31.3 Å². The molecule has 1 amide bonds. The molecule has 2 aromatic carbocycles. The van der Waals surface area contributed by atoms with E-state index in [0.29, 0.717) is 11.4 Å². The number of sulfonamides is 1. The summed E-state index contributed by atoms with van der Waals surface area (Å²) in [6.07, 6.45) is 0. The highest BCUT2D eigenvalue weighted by molar-refractivity contribution is 9.10. The number of ether oxygens (including phenoxy) is 1. The van der Waals surface area contributed by atoms with Gasteiger partial charge in [-0.1, -0.05) is 15.9 Å². The van der Waals surface area contributed by atoms with Crippen LogP contribution in [-0.2, 0) is 14.8 Å². The molecular weight excluding hydrogens is 384 g/mol. The molecule has 6 nitrogen and oxygen atoms in total. The van der Waals surface area contributed by atoms with E-state index in [9.17, 15) is 13.2 Å². The molecule has 0 bridgehead atoms. The van der Waals surface area contributed by atoms with Crippen molar-refractivity contribution >= 4 is 37.5 Å². The summed E-state index contributed by atoms with van der Waals surface area (Å²) in [7, 11) is -2.17. The van der Waals surface area contributed by atoms with Crippen molar-refractivity contribution in [2.75, 3.05) is 18.4 Å². The van der Waals surface area contributed by atoms with Crippen LogP contribution >= 0.6 is 15.9 Å². The predicted octanol–water partition coefficient (Wildman–Crippen LogP) is 2.37. The summed E-state index contributed by atoms with van der Waals surface area (Å²) in [6.45, 7) is -0.125. The summed E-state index contributed by atoms with van der Waals surface area (Å²) in [5.41, 5.74) is 0.466. The smallest absolute Gasteiger partial charge is 0.261 e. The van der Waals surface area contributed by atoms with Crippen LogP contribution in [0.15, 0.2) is 57.9 Å². The largest absolute Gasteiger partial charge is 0.484 e. The quantitative estimate of drug-likeness (QED) is 0.781. The molecule has 0 saturated carbocycles. The number of carbonyl (C=O) groups is 1. The van der Waals surface area contributed by atoms with Crippen LogP contribution in [0.2, 0.25) is 0 Å². The zero-order valence-electron chi connectivity index (χ0n) is 12.2. The van der Waals surface area contributed by atoms with E-state index in [0.717, 1.165) is 4.47 Å². The second kappa shape index (κ2) is 7.47. The Labute approximate surface area is 143 Å². The topological polar surface area (TPSA) is 84.5 Å². The van der Waals surface area contributed by atoms with Gasteiger partial charge in [-0.15, -0.1) is 0 Å². The van der Waals surface area contributed by atoms with Gasteiger partial charge in [0, 0.05) is 17.2 Å². The van der Waals surface area contributed by atoms with Gasteiger partial charge in [0.1, 0.15) is 5.75 Å². The molecule has 122 valence electrons. The molecule has 0 aromatic heterocycles. The first-order valence-electron chi connectivity index (χ1n) is 6.62. The third kappa shape index (κ3) is 4.97. The van der Waals surface area contributed by atoms with Crippen LogP contribution < -0.4 is 14.8 Å². The van der Waals surface area contributed by atoms with Gasteiger partial charge in [0.2, 0.25) is 0 Å². The Bertz CT molecular complexity index is 774. The van der Waals surface area contributed by atoms with E-state index in [-0.39, 0.29) is 17.4 Å². The maximum atomic E-state index is 12.3. The average Bonchev–Trinajstić information content (AvgIpc) is 2.55. The van der Waals surface area contributed by atoms with Crippen LogP contribution in [0.1, 0.15) is 0 Å². The summed E-state index contributed by atoms with van der Waals surface area (Å²) >= 11 is 3.29. The Morgan fingerprint density at radius 3 is 2.26 bits per heavy atom. The maximum Gasteiger partial charge on any atom is 0.261 e. The number of rotatable bonds is 6. The summed E-state index contributed by atoms with van der Waals surface area (Å²) < 4.78 is 33.1. The fourth-order valence-electron chi connectivity index (χ4n) is 1.67. The number of anilines is 1. The fraction of sp³-hybridized carbons (Fsp3) is 0.133. The lowest BCUT2D eigenvalue weighted by molar-refractivity contribution is -0.122. The second-order valence-corrected chi connectivity index (χ2v) is 7.14. The number of likely N-dealkylation sites (N-methyl/N-ethyl adjacent to an activating group) is 1. The number of nitrogens with one attached hydrogen (secondary N) is 2. The summed E-state index contributed by atoms with van der Waals surface area (Å²) in [5, 5.41) is 2.43. The van der Waals surface area contributed by atoms with Crippen LogP contribution in [0.4, 0.5) is 5.69 Å². The van der Waals surface area contributed by atoms with Crippen molar-refractivity contribution < 1.29 is 17.9 Å². The third-order valence-corrected chi connectivity index (χ3v) is 4.81. The number of carbonyl (C=O) groups excluding carboxylic acids is 1. The van der Waals surface area contributed by atoms with Crippen molar-refractivity contribution in [2.45, 2.75) is 4.90 Å². The van der Waals surface area contributed by atoms with Gasteiger partial charge in [-0.25, -0.2) is 8.42 Å². The molecule has 0 aliphatic rings. The van der Waals surface area contributed by atoms with Crippen LogP contribution in [0.5, 0.6) is 5.75 Å². The molecule has 0 aliphatic heterocycles. The molecule has 8 heteroatoms. The van der Waals surface area contributed by atoms with E-state index in [4.69, 9.17) is 4.74 Å². The van der Waals surface area contributed by atoms with E-state index in [1.54, 1.807) is 24.3 Å². The van der Waals surface area contributed by atoms with Crippen LogP contribution in [-0.4, -0.2) is 28.0 Å². The molecule has 2 aromatic rings. The fourth-order valence-corrected chi connectivity index (χ4v) is 2.99. The van der Waals surface area contributed by atoms with Crippen molar-refractivity contribution in [3.05, 3.63) is 53.0 Å². The predicted molar refractivity (Wildman–Crippen MR) is 91.0 cm³/mol. The van der Waals surface area contributed by atoms with Gasteiger partial charge in [-0.05, 0) is 48.5 Å². The first-order chi connectivity index (χ1) is 10.9. The van der Waals surface area contributed by atoms with Gasteiger partial charge in [0.05, 0.1) is 4.90 Å². The Balaban J connectivity index is 2.08. The molecule has 0 aliphatic carbocycles. The lowest BCUT2D eigenvalue weighted by atomic mass is 10.3. The van der Waals surface area contributed by atoms with Gasteiger partial charge < -0.3 is 10.1 Å². The first-order valence-corrected chi connectivity index (χ1v) is 8.90. The highest BCUT2D eigenvalue weighted by atomic mass is 79.9. The first kappa shape index (κ1) is 17.3. The van der Waals surface area contributed by atoms with Crippen molar-refractivity contribution in [1.82, 2.24) is 5.32 Å². The number of hydrogen-bond donors (Lipinski definition) is 2. The Kier molecular flexibility index (Phi) is 5.62. The minimum Gasteiger partial charge on any atom is -0.484 e. The SMILES string of the molecule is CNC(=O)COc1ccc(S(=O)(=O)Nc2ccc(Br)cc2)cc1. The van der Waals surface area contributed by atoms with E-state index in [2.05, 4.69) is 26.0 Å². The normalized spacial score (nSPS) is 10.9. The molecular formula is C15H15BrN2O4S. The molecule has 0 spiro atoms. The van der Waals surface area contributed by atoms with Crippen LogP contribution in [0, 0.1) is 0 Å². The maximum absolute atomic E-state index is 12.3. The Hall–Kier alpha value is -2.06. The average molecular weight is 399 g/mol. The van der Waals surface area contributed by atoms with E-state index >= 15 is 0 Å². The van der Waals surface area contributed by atoms with E-state index < -0.39 is 10.0 Å². The summed E-state index contributed by atoms with van der Waals surface area (Å²) in [5.74, 6) is 0.148. The molecule has 0 fully saturated rings. The zero-order chi connectivity index (χ0) is 16.9. The van der Waals surface area contributed by atoms with Crippen LogP contribution in [0.25, 0.3) is 0 Å². The lowest BCUT2D eigenvalue weighted by Gasteiger charge is -2.09. The molecule has 0 saturated heterocycles. The summed E-state index contributed by atoms with van der Waals surface area (Å²) in [6, 6.07) is 12.6. The number of halogens is 1. The number of hydrogen-bond acceptors (Lipinski definition) is 4. The lowest BCUT2D eigenvalue weighted by Crippen LogP contribution is -2.24.